The average molecular weight is 614 g/mol. The van der Waals surface area contributed by atoms with Crippen molar-refractivity contribution in [1.29, 1.82) is 0 Å². The molecule has 8 nitrogen and oxygen atoms in total. The molecule has 4 saturated carbocycles. The molecule has 5 unspecified atom stereocenters. The van der Waals surface area contributed by atoms with Crippen molar-refractivity contribution < 1.29 is 44.3 Å². The SMILES string of the molecule is C[C@@]12C(CC(=O)C(Br)(Br)C1O)C(F)C[C@@H]1[C@@H]2C(O)C[C@@]2(C)[C@H]1CC[C@]2(O)C(=O)C(O)CC(=O)O. The molecule has 4 rings (SSSR count). The number of rotatable bonds is 4. The number of halogens is 3. The van der Waals surface area contributed by atoms with Gasteiger partial charge in [0.1, 0.15) is 17.9 Å². The van der Waals surface area contributed by atoms with E-state index >= 15 is 4.39 Å². The topological polar surface area (TPSA) is 152 Å². The largest absolute Gasteiger partial charge is 0.481 e. The van der Waals surface area contributed by atoms with E-state index in [2.05, 4.69) is 31.9 Å². The van der Waals surface area contributed by atoms with E-state index in [1.165, 1.54) is 0 Å². The van der Waals surface area contributed by atoms with Gasteiger partial charge < -0.3 is 25.5 Å². The highest BCUT2D eigenvalue weighted by Gasteiger charge is 2.73. The van der Waals surface area contributed by atoms with Crippen LogP contribution in [0.1, 0.15) is 52.4 Å². The number of aliphatic hydroxyl groups is 4. The maximum absolute atomic E-state index is 15.7. The van der Waals surface area contributed by atoms with E-state index in [9.17, 15) is 34.8 Å². The van der Waals surface area contributed by atoms with Crippen molar-refractivity contribution in [1.82, 2.24) is 0 Å². The lowest BCUT2D eigenvalue weighted by Crippen LogP contribution is -2.70. The predicted octanol–water partition coefficient (Wildman–Crippen LogP) is 1.72. The van der Waals surface area contributed by atoms with Gasteiger partial charge in [-0.1, -0.05) is 45.7 Å². The fourth-order valence-electron chi connectivity index (χ4n) is 8.18. The molecule has 0 aromatic heterocycles. The summed E-state index contributed by atoms with van der Waals surface area (Å²) < 4.78 is 14.2. The molecule has 0 aromatic carbocycles. The molecular formula is C23H31Br2FO8. The third kappa shape index (κ3) is 3.36. The molecule has 34 heavy (non-hydrogen) atoms. The maximum atomic E-state index is 15.7. The van der Waals surface area contributed by atoms with Crippen molar-refractivity contribution in [2.24, 2.45) is 34.5 Å². The van der Waals surface area contributed by atoms with Crippen LogP contribution in [0.15, 0.2) is 0 Å². The normalized spacial score (nSPS) is 50.6. The molecule has 0 aromatic rings. The Balaban J connectivity index is 1.74. The smallest absolute Gasteiger partial charge is 0.306 e. The van der Waals surface area contributed by atoms with Crippen LogP contribution in [0, 0.1) is 34.5 Å². The second-order valence-electron chi connectivity index (χ2n) is 11.2. The van der Waals surface area contributed by atoms with Gasteiger partial charge in [-0.3, -0.25) is 14.4 Å². The number of carboxylic acid groups (broad SMARTS) is 1. The molecule has 0 aliphatic heterocycles. The first-order chi connectivity index (χ1) is 15.5. The highest BCUT2D eigenvalue weighted by molar-refractivity contribution is 9.26. The van der Waals surface area contributed by atoms with Crippen molar-refractivity contribution in [3.8, 4) is 0 Å². The highest BCUT2D eigenvalue weighted by Crippen LogP contribution is 2.70. The third-order valence-electron chi connectivity index (χ3n) is 9.85. The molecule has 192 valence electrons. The first-order valence-corrected chi connectivity index (χ1v) is 13.2. The Labute approximate surface area is 213 Å². The minimum atomic E-state index is -2.07. The molecule has 11 atom stereocenters. The summed E-state index contributed by atoms with van der Waals surface area (Å²) in [6, 6.07) is 0. The quantitative estimate of drug-likeness (QED) is 0.301. The maximum Gasteiger partial charge on any atom is 0.306 e. The number of aliphatic carboxylic acids is 1. The Bertz CT molecular complexity index is 911. The van der Waals surface area contributed by atoms with Crippen molar-refractivity contribution >= 4 is 49.4 Å². The number of carbonyl (C=O) groups is 3. The Morgan fingerprint density at radius 2 is 1.82 bits per heavy atom. The molecule has 4 aliphatic carbocycles. The monoisotopic (exact) mass is 612 g/mol. The molecule has 4 aliphatic rings. The van der Waals surface area contributed by atoms with Gasteiger partial charge in [0.05, 0.1) is 18.6 Å². The second kappa shape index (κ2) is 8.28. The van der Waals surface area contributed by atoms with Gasteiger partial charge in [-0.25, -0.2) is 4.39 Å². The standard InChI is InChI=1S/C23H31Br2FO8/c1-20-8-14(28)17-9(10(20)3-4-22(20,34)18(32)13(27)7-16(30)31)5-12(26)11-6-15(29)23(24,25)19(33)21(11,17)2/h9-14,17,19,27-28,33-34H,3-8H2,1-2H3,(H,30,31)/t9-,10-,11?,12?,13?,14?,17+,19?,20-,21-,22-/m0/s1. The van der Waals surface area contributed by atoms with E-state index in [0.717, 1.165) is 0 Å². The van der Waals surface area contributed by atoms with Gasteiger partial charge in [0.2, 0.25) is 0 Å². The van der Waals surface area contributed by atoms with E-state index in [4.69, 9.17) is 5.11 Å². The lowest BCUT2D eigenvalue weighted by atomic mass is 9.42. The van der Waals surface area contributed by atoms with Crippen molar-refractivity contribution in [3.05, 3.63) is 0 Å². The fraction of sp³-hybridized carbons (Fsp3) is 0.870. The number of ketones is 2. The van der Waals surface area contributed by atoms with Gasteiger partial charge in [0.25, 0.3) is 0 Å². The van der Waals surface area contributed by atoms with Crippen LogP contribution in [0.5, 0.6) is 0 Å². The zero-order valence-corrected chi connectivity index (χ0v) is 22.1. The van der Waals surface area contributed by atoms with Crippen molar-refractivity contribution in [3.63, 3.8) is 0 Å². The lowest BCUT2D eigenvalue weighted by molar-refractivity contribution is -0.231. The zero-order chi connectivity index (χ0) is 25.6. The number of carboxylic acids is 1. The summed E-state index contributed by atoms with van der Waals surface area (Å²) in [5.74, 6) is -5.04. The Morgan fingerprint density at radius 1 is 1.21 bits per heavy atom. The van der Waals surface area contributed by atoms with Crippen LogP contribution < -0.4 is 0 Å². The highest BCUT2D eigenvalue weighted by atomic mass is 79.9. The van der Waals surface area contributed by atoms with Crippen LogP contribution in [0.25, 0.3) is 0 Å². The summed E-state index contributed by atoms with van der Waals surface area (Å²) in [5.41, 5.74) is -4.46. The average Bonchev–Trinajstić information content (AvgIpc) is 2.99. The number of Topliss-reactive ketones (excluding diaryl/α,β-unsaturated/α-hetero) is 2. The van der Waals surface area contributed by atoms with E-state index in [1.54, 1.807) is 13.8 Å². The minimum absolute atomic E-state index is 0.0156. The van der Waals surface area contributed by atoms with Crippen LogP contribution in [-0.2, 0) is 14.4 Å². The summed E-state index contributed by atoms with van der Waals surface area (Å²) >= 11 is 6.54. The van der Waals surface area contributed by atoms with Crippen molar-refractivity contribution in [2.45, 2.75) is 85.7 Å². The van der Waals surface area contributed by atoms with Gasteiger partial charge in [-0.05, 0) is 43.4 Å². The first kappa shape index (κ1) is 26.6. The summed E-state index contributed by atoms with van der Waals surface area (Å²) in [5, 5.41) is 53.4. The minimum Gasteiger partial charge on any atom is -0.481 e. The van der Waals surface area contributed by atoms with E-state index in [1.807, 2.05) is 0 Å². The second-order valence-corrected chi connectivity index (χ2v) is 14.8. The summed E-state index contributed by atoms with van der Waals surface area (Å²) in [6.07, 6.45) is -6.49. The van der Waals surface area contributed by atoms with Gasteiger partial charge in [0, 0.05) is 23.2 Å². The van der Waals surface area contributed by atoms with Gasteiger partial charge in [-0.15, -0.1) is 0 Å². The van der Waals surface area contributed by atoms with Crippen LogP contribution in [0.2, 0.25) is 0 Å². The molecule has 5 N–H and O–H groups in total. The Kier molecular flexibility index (Phi) is 6.47. The summed E-state index contributed by atoms with van der Waals surface area (Å²) in [4.78, 5) is 36.7. The number of carbonyl (C=O) groups excluding carboxylic acids is 2. The molecular weight excluding hydrogens is 583 g/mol. The van der Waals surface area contributed by atoms with Crippen molar-refractivity contribution in [2.75, 3.05) is 0 Å². The van der Waals surface area contributed by atoms with Crippen LogP contribution in [0.4, 0.5) is 4.39 Å². The molecule has 0 amide bonds. The summed E-state index contributed by atoms with van der Waals surface area (Å²) in [6.45, 7) is 3.33. The lowest BCUT2D eigenvalue weighted by Gasteiger charge is -2.65. The van der Waals surface area contributed by atoms with Crippen LogP contribution >= 0.6 is 31.9 Å². The molecule has 4 fully saturated rings. The van der Waals surface area contributed by atoms with Crippen LogP contribution in [-0.4, -0.2) is 76.4 Å². The van der Waals surface area contributed by atoms with E-state index in [0.29, 0.717) is 6.42 Å². The van der Waals surface area contributed by atoms with Gasteiger partial charge in [0.15, 0.2) is 14.8 Å². The number of alkyl halides is 3. The molecule has 0 spiro atoms. The van der Waals surface area contributed by atoms with E-state index in [-0.39, 0.29) is 31.5 Å². The molecule has 0 heterocycles. The number of hydrogen-bond donors (Lipinski definition) is 5. The molecule has 0 bridgehead atoms. The number of aliphatic hydroxyl groups excluding tert-OH is 3. The Hall–Kier alpha value is -0.460. The third-order valence-corrected chi connectivity index (χ3v) is 11.6. The molecule has 0 radical (unpaired) electrons. The zero-order valence-electron chi connectivity index (χ0n) is 19.0. The fourth-order valence-corrected chi connectivity index (χ4v) is 9.49. The van der Waals surface area contributed by atoms with Gasteiger partial charge >= 0.3 is 5.97 Å². The molecule has 11 heteroatoms. The first-order valence-electron chi connectivity index (χ1n) is 11.6. The van der Waals surface area contributed by atoms with Gasteiger partial charge in [-0.2, -0.15) is 0 Å². The van der Waals surface area contributed by atoms with E-state index < -0.39 is 86.0 Å². The Morgan fingerprint density at radius 3 is 2.41 bits per heavy atom. The summed E-state index contributed by atoms with van der Waals surface area (Å²) in [7, 11) is 0. The molecule has 0 saturated heterocycles. The predicted molar refractivity (Wildman–Crippen MR) is 124 cm³/mol. The van der Waals surface area contributed by atoms with Crippen LogP contribution in [0.3, 0.4) is 0 Å². The number of hydrogen-bond acceptors (Lipinski definition) is 7. The number of fused-ring (bicyclic) bond motifs is 5.